The van der Waals surface area contributed by atoms with Crippen LogP contribution in [-0.4, -0.2) is 61.8 Å². The zero-order valence-electron chi connectivity index (χ0n) is 18.4. The monoisotopic (exact) mass is 421 g/mol. The van der Waals surface area contributed by atoms with Gasteiger partial charge < -0.3 is 9.47 Å². The van der Waals surface area contributed by atoms with Crippen LogP contribution in [0.15, 0.2) is 54.6 Å². The Morgan fingerprint density at radius 1 is 0.839 bits per heavy atom. The van der Waals surface area contributed by atoms with Crippen molar-refractivity contribution >= 4 is 11.6 Å². The Morgan fingerprint density at radius 3 is 2.16 bits per heavy atom. The first-order valence-electron chi connectivity index (χ1n) is 11.1. The summed E-state index contributed by atoms with van der Waals surface area (Å²) < 4.78 is 12.3. The number of ether oxygens (including phenoxy) is 2. The van der Waals surface area contributed by atoms with E-state index in [1.807, 2.05) is 29.2 Å². The van der Waals surface area contributed by atoms with Crippen molar-refractivity contribution in [2.24, 2.45) is 5.41 Å². The lowest BCUT2D eigenvalue weighted by molar-refractivity contribution is -0.286. The number of amides is 1. The third kappa shape index (κ3) is 3.89. The first-order valence-corrected chi connectivity index (χ1v) is 11.1. The molecule has 6 heteroatoms. The molecular formula is C25H31N3O3. The number of rotatable bonds is 4. The number of carbonyl (C=O) groups excluding carboxylic acids is 1. The number of para-hydroxylation sites is 1. The van der Waals surface area contributed by atoms with Crippen LogP contribution in [0.1, 0.15) is 25.0 Å². The van der Waals surface area contributed by atoms with Crippen molar-refractivity contribution in [3.8, 4) is 0 Å². The van der Waals surface area contributed by atoms with Gasteiger partial charge in [-0.15, -0.1) is 0 Å². The average Bonchev–Trinajstić information content (AvgIpc) is 3.01. The highest BCUT2D eigenvalue weighted by molar-refractivity contribution is 6.06. The van der Waals surface area contributed by atoms with Crippen molar-refractivity contribution in [2.75, 3.05) is 51.0 Å². The van der Waals surface area contributed by atoms with Gasteiger partial charge in [0.1, 0.15) is 0 Å². The molecule has 0 aliphatic carbocycles. The molecule has 2 fully saturated rings. The van der Waals surface area contributed by atoms with Crippen LogP contribution in [0, 0.1) is 5.41 Å². The molecule has 2 aromatic rings. The maximum absolute atomic E-state index is 13.6. The van der Waals surface area contributed by atoms with Gasteiger partial charge in [-0.25, -0.2) is 0 Å². The molecule has 0 atom stereocenters. The van der Waals surface area contributed by atoms with Crippen LogP contribution >= 0.6 is 0 Å². The maximum Gasteiger partial charge on any atom is 0.293 e. The Morgan fingerprint density at radius 2 is 1.45 bits per heavy atom. The van der Waals surface area contributed by atoms with E-state index < -0.39 is 5.79 Å². The highest BCUT2D eigenvalue weighted by atomic mass is 16.7. The van der Waals surface area contributed by atoms with Gasteiger partial charge in [-0.1, -0.05) is 62.4 Å². The number of hydrogen-bond acceptors (Lipinski definition) is 5. The number of nitrogens with zero attached hydrogens (tertiary/aromatic N) is 3. The number of benzene rings is 2. The SMILES string of the molecule is CC1(C)COC2(OC1)C(=O)N(CN1CCN(Cc3ccccc3)CC1)c1ccccc12. The normalized spacial score (nSPS) is 23.3. The first-order chi connectivity index (χ1) is 15.0. The summed E-state index contributed by atoms with van der Waals surface area (Å²) in [5.41, 5.74) is 2.98. The van der Waals surface area contributed by atoms with E-state index in [0.717, 1.165) is 44.0 Å². The summed E-state index contributed by atoms with van der Waals surface area (Å²) in [7, 11) is 0. The lowest BCUT2D eigenvalue weighted by atomic mass is 9.93. The Hall–Kier alpha value is -2.25. The summed E-state index contributed by atoms with van der Waals surface area (Å²) in [6.45, 7) is 10.6. The molecule has 3 aliphatic rings. The van der Waals surface area contributed by atoms with Crippen molar-refractivity contribution in [1.82, 2.24) is 9.80 Å². The summed E-state index contributed by atoms with van der Waals surface area (Å²) in [4.78, 5) is 20.2. The van der Waals surface area contributed by atoms with Gasteiger partial charge >= 0.3 is 0 Å². The van der Waals surface area contributed by atoms with E-state index >= 15 is 0 Å². The largest absolute Gasteiger partial charge is 0.338 e. The lowest BCUT2D eigenvalue weighted by Crippen LogP contribution is -2.55. The molecule has 3 heterocycles. The molecule has 5 rings (SSSR count). The van der Waals surface area contributed by atoms with E-state index in [4.69, 9.17) is 9.47 Å². The average molecular weight is 422 g/mol. The minimum atomic E-state index is -1.29. The molecule has 164 valence electrons. The number of hydrogen-bond donors (Lipinski definition) is 0. The topological polar surface area (TPSA) is 45.3 Å². The third-order valence-electron chi connectivity index (χ3n) is 6.46. The molecule has 0 radical (unpaired) electrons. The van der Waals surface area contributed by atoms with Gasteiger partial charge in [0.15, 0.2) is 0 Å². The van der Waals surface area contributed by atoms with E-state index in [0.29, 0.717) is 19.9 Å². The summed E-state index contributed by atoms with van der Waals surface area (Å²) in [6.07, 6.45) is 0. The molecule has 0 N–H and O–H groups in total. The molecule has 2 saturated heterocycles. The molecule has 6 nitrogen and oxygen atoms in total. The van der Waals surface area contributed by atoms with Crippen LogP contribution in [0.3, 0.4) is 0 Å². The molecule has 0 saturated carbocycles. The summed E-state index contributed by atoms with van der Waals surface area (Å²) in [5.74, 6) is -1.39. The molecule has 0 unspecified atom stereocenters. The highest BCUT2D eigenvalue weighted by Gasteiger charge is 2.57. The van der Waals surface area contributed by atoms with E-state index in [2.05, 4.69) is 54.0 Å². The molecule has 31 heavy (non-hydrogen) atoms. The van der Waals surface area contributed by atoms with Crippen molar-refractivity contribution in [3.63, 3.8) is 0 Å². The number of anilines is 1. The molecule has 0 bridgehead atoms. The Bertz CT molecular complexity index is 928. The second kappa shape index (κ2) is 8.02. The zero-order chi connectivity index (χ0) is 21.5. The van der Waals surface area contributed by atoms with Crippen LogP contribution < -0.4 is 4.90 Å². The van der Waals surface area contributed by atoms with Gasteiger partial charge in [0.25, 0.3) is 11.7 Å². The van der Waals surface area contributed by atoms with Crippen LogP contribution in [0.25, 0.3) is 0 Å². The fourth-order valence-corrected chi connectivity index (χ4v) is 4.62. The number of piperazine rings is 1. The van der Waals surface area contributed by atoms with Gasteiger partial charge in [-0.05, 0) is 11.6 Å². The number of fused-ring (bicyclic) bond motifs is 2. The first kappa shape index (κ1) is 20.6. The maximum atomic E-state index is 13.6. The van der Waals surface area contributed by atoms with Gasteiger partial charge in [0.05, 0.1) is 25.6 Å². The van der Waals surface area contributed by atoms with Gasteiger partial charge in [-0.2, -0.15) is 0 Å². The lowest BCUT2D eigenvalue weighted by Gasteiger charge is -2.41. The second-order valence-corrected chi connectivity index (χ2v) is 9.63. The van der Waals surface area contributed by atoms with Crippen molar-refractivity contribution in [1.29, 1.82) is 0 Å². The van der Waals surface area contributed by atoms with Crippen molar-refractivity contribution < 1.29 is 14.3 Å². The highest BCUT2D eigenvalue weighted by Crippen LogP contribution is 2.47. The molecule has 2 aromatic carbocycles. The summed E-state index contributed by atoms with van der Waals surface area (Å²) in [5, 5.41) is 0. The molecule has 3 aliphatic heterocycles. The van der Waals surface area contributed by atoms with Gasteiger partial charge in [0.2, 0.25) is 0 Å². The van der Waals surface area contributed by atoms with E-state index in [-0.39, 0.29) is 11.3 Å². The minimum absolute atomic E-state index is 0.0943. The smallest absolute Gasteiger partial charge is 0.293 e. The van der Waals surface area contributed by atoms with Gasteiger partial charge in [0, 0.05) is 43.7 Å². The van der Waals surface area contributed by atoms with Crippen LogP contribution in [0.2, 0.25) is 0 Å². The molecule has 1 spiro atoms. The number of carbonyl (C=O) groups is 1. The Balaban J connectivity index is 1.27. The van der Waals surface area contributed by atoms with Crippen molar-refractivity contribution in [3.05, 3.63) is 65.7 Å². The van der Waals surface area contributed by atoms with E-state index in [1.165, 1.54) is 5.56 Å². The summed E-state index contributed by atoms with van der Waals surface area (Å²) in [6, 6.07) is 18.5. The predicted molar refractivity (Wildman–Crippen MR) is 119 cm³/mol. The standard InChI is InChI=1S/C25H31N3O3/c1-24(2)17-30-25(31-18-24)21-10-6-7-11-22(21)28(23(25)29)19-27-14-12-26(13-15-27)16-20-8-4-3-5-9-20/h3-11H,12-19H2,1-2H3. The predicted octanol–water partition coefficient (Wildman–Crippen LogP) is 3.03. The van der Waals surface area contributed by atoms with Crippen LogP contribution in [0.5, 0.6) is 0 Å². The zero-order valence-corrected chi connectivity index (χ0v) is 18.4. The van der Waals surface area contributed by atoms with E-state index in [1.54, 1.807) is 0 Å². The van der Waals surface area contributed by atoms with Crippen LogP contribution in [-0.2, 0) is 26.6 Å². The quantitative estimate of drug-likeness (QED) is 0.759. The van der Waals surface area contributed by atoms with Crippen molar-refractivity contribution in [2.45, 2.75) is 26.2 Å². The Labute approximate surface area is 184 Å². The fraction of sp³-hybridized carbons (Fsp3) is 0.480. The Kier molecular flexibility index (Phi) is 5.34. The second-order valence-electron chi connectivity index (χ2n) is 9.63. The van der Waals surface area contributed by atoms with E-state index in [9.17, 15) is 4.79 Å². The summed E-state index contributed by atoms with van der Waals surface area (Å²) >= 11 is 0. The van der Waals surface area contributed by atoms with Gasteiger partial charge in [-0.3, -0.25) is 19.5 Å². The molecule has 0 aromatic heterocycles. The fourth-order valence-electron chi connectivity index (χ4n) is 4.62. The third-order valence-corrected chi connectivity index (χ3v) is 6.46. The molecule has 1 amide bonds. The minimum Gasteiger partial charge on any atom is -0.338 e. The van der Waals surface area contributed by atoms with Crippen LogP contribution in [0.4, 0.5) is 5.69 Å². The molecular weight excluding hydrogens is 390 g/mol.